The number of hydrogen-bond acceptors (Lipinski definition) is 17. The molecule has 24 heteroatoms. The number of imidazole rings is 2. The maximum Gasteiger partial charge on any atom is 0.476 e. The molecular weight excluding hydrogens is 622 g/mol. The van der Waals surface area contributed by atoms with Crippen molar-refractivity contribution >= 4 is 49.9 Å². The number of nitrogens with two attached hydrogens (primary N) is 2. The summed E-state index contributed by atoms with van der Waals surface area (Å²) in [5.41, 5.74) is 10.8. The first-order valence-corrected chi connectivity index (χ1v) is 15.2. The molecule has 43 heavy (non-hydrogen) atoms. The number of rotatable bonds is 15. The molecule has 6 atom stereocenters. The van der Waals surface area contributed by atoms with Crippen LogP contribution in [0.3, 0.4) is 0 Å². The zero-order valence-electron chi connectivity index (χ0n) is 22.3. The minimum Gasteiger partial charge on any atom is -0.382 e. The van der Waals surface area contributed by atoms with Crippen LogP contribution in [0.25, 0.3) is 22.3 Å². The van der Waals surface area contributed by atoms with Gasteiger partial charge in [-0.15, -0.1) is 0 Å². The number of H-pyrrole nitrogens is 1. The molecule has 0 aliphatic carbocycles. The summed E-state index contributed by atoms with van der Waals surface area (Å²) in [5.74, 6) is -0.223. The normalized spacial score (nSPS) is 17.2. The Morgan fingerprint density at radius 3 is 2.44 bits per heavy atom. The first-order chi connectivity index (χ1) is 20.3. The molecule has 0 aliphatic rings. The van der Waals surface area contributed by atoms with E-state index in [4.69, 9.17) is 34.7 Å². The average Bonchev–Trinajstić information content (AvgIpc) is 3.54. The van der Waals surface area contributed by atoms with Gasteiger partial charge in [-0.25, -0.2) is 29.0 Å². The smallest absolute Gasteiger partial charge is 0.382 e. The lowest BCUT2D eigenvalue weighted by Gasteiger charge is -2.29. The van der Waals surface area contributed by atoms with E-state index in [9.17, 15) is 33.9 Å². The number of phosphoric ester groups is 1. The molecule has 0 aliphatic heterocycles. The molecular formula is C19H28N10O12P2. The Morgan fingerprint density at radius 2 is 1.77 bits per heavy atom. The lowest BCUT2D eigenvalue weighted by Crippen LogP contribution is -2.31. The van der Waals surface area contributed by atoms with Gasteiger partial charge in [-0.05, 0) is 13.3 Å². The highest BCUT2D eigenvalue weighted by molar-refractivity contribution is 7.47. The topological polar surface area (TPSA) is 320 Å². The molecule has 9 N–H and O–H groups in total. The summed E-state index contributed by atoms with van der Waals surface area (Å²) in [4.78, 5) is 54.1. The third-order valence-corrected chi connectivity index (χ3v) is 7.02. The van der Waals surface area contributed by atoms with Gasteiger partial charge in [0, 0.05) is 0 Å². The Kier molecular flexibility index (Phi) is 10.2. The fraction of sp³-hybridized carbons (Fsp3) is 0.474. The van der Waals surface area contributed by atoms with Crippen LogP contribution in [0.4, 0.5) is 11.8 Å². The van der Waals surface area contributed by atoms with Crippen LogP contribution in [0.2, 0.25) is 0 Å². The maximum atomic E-state index is 13.1. The number of phosphoric acid groups is 1. The van der Waals surface area contributed by atoms with Gasteiger partial charge >= 0.3 is 7.82 Å². The molecule has 0 spiro atoms. The summed E-state index contributed by atoms with van der Waals surface area (Å²) >= 11 is 0. The van der Waals surface area contributed by atoms with Gasteiger partial charge in [-0.1, -0.05) is 6.92 Å². The molecule has 0 saturated heterocycles. The summed E-state index contributed by atoms with van der Waals surface area (Å²) in [6, 6.07) is 0. The Bertz CT molecular complexity index is 1700. The van der Waals surface area contributed by atoms with E-state index >= 15 is 0 Å². The maximum absolute atomic E-state index is 13.1. The van der Waals surface area contributed by atoms with E-state index in [1.165, 1.54) is 24.1 Å². The van der Waals surface area contributed by atoms with E-state index in [-0.39, 0.29) is 40.5 Å². The van der Waals surface area contributed by atoms with E-state index < -0.39 is 59.3 Å². The Balaban J connectivity index is 1.58. The van der Waals surface area contributed by atoms with Crippen molar-refractivity contribution in [1.82, 2.24) is 39.0 Å². The van der Waals surface area contributed by atoms with Gasteiger partial charge in [-0.2, -0.15) is 4.98 Å². The number of anilines is 2. The monoisotopic (exact) mass is 650 g/mol. The van der Waals surface area contributed by atoms with Crippen molar-refractivity contribution in [3.8, 4) is 0 Å². The summed E-state index contributed by atoms with van der Waals surface area (Å²) in [5, 5.41) is 19.0. The van der Waals surface area contributed by atoms with Crippen molar-refractivity contribution in [3.05, 3.63) is 29.3 Å². The molecule has 0 aromatic carbocycles. The number of aliphatic hydroxyl groups is 2. The molecule has 0 bridgehead atoms. The van der Waals surface area contributed by atoms with Crippen LogP contribution in [-0.4, -0.2) is 84.4 Å². The number of hydrogen-bond donors (Lipinski definition) is 7. The van der Waals surface area contributed by atoms with Crippen LogP contribution in [0.15, 0.2) is 23.8 Å². The van der Waals surface area contributed by atoms with E-state index in [1.807, 2.05) is 0 Å². The third kappa shape index (κ3) is 7.77. The number of nitrogens with one attached hydrogen (secondary N) is 1. The number of nitrogen functional groups attached to an aromatic ring is 2. The molecule has 4 aromatic heterocycles. The zero-order chi connectivity index (χ0) is 31.5. The largest absolute Gasteiger partial charge is 0.476 e. The van der Waals surface area contributed by atoms with Crippen LogP contribution in [-0.2, 0) is 32.4 Å². The van der Waals surface area contributed by atoms with E-state index in [0.29, 0.717) is 0 Å². The van der Waals surface area contributed by atoms with Crippen molar-refractivity contribution in [2.24, 2.45) is 0 Å². The van der Waals surface area contributed by atoms with Gasteiger partial charge in [0.05, 0.1) is 12.7 Å². The average molecular weight is 650 g/mol. The predicted octanol–water partition coefficient (Wildman–Crippen LogP) is -0.921. The van der Waals surface area contributed by atoms with Crippen LogP contribution < -0.4 is 17.0 Å². The predicted molar refractivity (Wildman–Crippen MR) is 143 cm³/mol. The third-order valence-electron chi connectivity index (χ3n) is 5.56. The standard InChI is InChI=1S/C19H28N10O12P2/c1-3-9(28-5-24-10-12(20)22-4-23-13(10)28)38-19(37-7-42(33)34)41-43(35,36)40-8(2)16(39-18(31)32)29-6-25-11-14(29)26-17(21)27-15(11)30/h4-6,8-9,16,18-19,31-32,42H,3,7H2,1-2H3,(H,33,34)(H,35,36)(H2,20,22,23)(H3,21,26,27,30)/t8?,9-,16-,19?/m1/s1. The van der Waals surface area contributed by atoms with Crippen LogP contribution in [0.5, 0.6) is 0 Å². The number of nitrogens with zero attached hydrogens (tertiary/aromatic N) is 7. The number of ether oxygens (including phenoxy) is 3. The molecule has 4 heterocycles. The second-order valence-corrected chi connectivity index (χ2v) is 11.0. The first kappa shape index (κ1) is 32.5. The quantitative estimate of drug-likeness (QED) is 0.0604. The summed E-state index contributed by atoms with van der Waals surface area (Å²) in [6.07, 6.45) is -1.34. The van der Waals surface area contributed by atoms with Crippen molar-refractivity contribution in [1.29, 1.82) is 0 Å². The van der Waals surface area contributed by atoms with Gasteiger partial charge in [0.2, 0.25) is 14.0 Å². The van der Waals surface area contributed by atoms with Gasteiger partial charge in [0.1, 0.15) is 30.5 Å². The molecule has 0 radical (unpaired) electrons. The van der Waals surface area contributed by atoms with E-state index in [2.05, 4.69) is 29.9 Å². The molecule has 4 rings (SSSR count). The highest BCUT2D eigenvalue weighted by atomic mass is 31.2. The highest BCUT2D eigenvalue weighted by Gasteiger charge is 2.37. The van der Waals surface area contributed by atoms with Crippen LogP contribution in [0.1, 0.15) is 32.7 Å². The van der Waals surface area contributed by atoms with Crippen molar-refractivity contribution in [3.63, 3.8) is 0 Å². The van der Waals surface area contributed by atoms with Gasteiger partial charge < -0.3 is 45.7 Å². The van der Waals surface area contributed by atoms with Crippen LogP contribution >= 0.6 is 15.9 Å². The van der Waals surface area contributed by atoms with Crippen molar-refractivity contribution in [2.45, 2.75) is 51.8 Å². The molecule has 4 unspecified atom stereocenters. The summed E-state index contributed by atoms with van der Waals surface area (Å²) < 4.78 is 52.9. The highest BCUT2D eigenvalue weighted by Crippen LogP contribution is 2.48. The van der Waals surface area contributed by atoms with Crippen molar-refractivity contribution in [2.75, 3.05) is 17.8 Å². The molecule has 4 aromatic rings. The van der Waals surface area contributed by atoms with E-state index in [1.54, 1.807) is 6.92 Å². The number of fused-ring (bicyclic) bond motifs is 2. The second kappa shape index (κ2) is 13.5. The fourth-order valence-corrected chi connectivity index (χ4v) is 5.03. The zero-order valence-corrected chi connectivity index (χ0v) is 24.2. The Morgan fingerprint density at radius 1 is 1.07 bits per heavy atom. The molecule has 0 saturated carbocycles. The lowest BCUT2D eigenvalue weighted by atomic mass is 10.3. The van der Waals surface area contributed by atoms with Gasteiger partial charge in [0.15, 0.2) is 28.9 Å². The van der Waals surface area contributed by atoms with Crippen LogP contribution in [0, 0.1) is 0 Å². The van der Waals surface area contributed by atoms with Crippen molar-refractivity contribution < 1.29 is 52.4 Å². The minimum absolute atomic E-state index is 0.0849. The Labute approximate surface area is 240 Å². The van der Waals surface area contributed by atoms with Gasteiger partial charge in [-0.3, -0.25) is 28.0 Å². The number of aliphatic hydroxyl groups excluding tert-OH is 1. The number of aromatic nitrogens is 8. The lowest BCUT2D eigenvalue weighted by molar-refractivity contribution is -0.291. The molecule has 22 nitrogen and oxygen atoms in total. The second-order valence-electron chi connectivity index (χ2n) is 8.59. The SMILES string of the molecule is CC[C@@H](OC(OC[PH](=O)O)OP(=O)(O)OC(C)[C@@H](OC(O)O)n1cnc2c(=O)[nH]c(N)nc21)n1cnc2c(N)ncnc21. The molecule has 236 valence electrons. The van der Waals surface area contributed by atoms with Gasteiger partial charge in [0.25, 0.3) is 18.5 Å². The number of aromatic amines is 1. The molecule has 0 fully saturated rings. The first-order valence-electron chi connectivity index (χ1n) is 12.1. The minimum atomic E-state index is -5.23. The summed E-state index contributed by atoms with van der Waals surface area (Å²) in [6.45, 7) is -1.64. The molecule has 0 amide bonds. The summed E-state index contributed by atoms with van der Waals surface area (Å²) in [7, 11) is -8.48. The van der Waals surface area contributed by atoms with E-state index in [0.717, 1.165) is 10.9 Å². The fourth-order valence-electron chi connectivity index (χ4n) is 3.85. The Hall–Kier alpha value is -3.40.